The average molecular weight is 341 g/mol. The summed E-state index contributed by atoms with van der Waals surface area (Å²) in [6.45, 7) is 3.54. The Morgan fingerprint density at radius 2 is 2.15 bits per heavy atom. The maximum Gasteiger partial charge on any atom is 0.317 e. The topological polar surface area (TPSA) is 52.6 Å². The van der Waals surface area contributed by atoms with Gasteiger partial charge in [-0.25, -0.2) is 4.79 Å². The molecule has 2 amide bonds. The Kier molecular flexibility index (Phi) is 5.05. The number of aliphatic hydroxyl groups is 1. The van der Waals surface area contributed by atoms with E-state index in [2.05, 4.69) is 27.3 Å². The van der Waals surface area contributed by atoms with E-state index in [-0.39, 0.29) is 18.1 Å². The molecule has 1 aliphatic carbocycles. The van der Waals surface area contributed by atoms with Crippen molar-refractivity contribution in [3.05, 3.63) is 34.3 Å². The number of benzene rings is 1. The van der Waals surface area contributed by atoms with Crippen molar-refractivity contribution in [3.8, 4) is 0 Å². The summed E-state index contributed by atoms with van der Waals surface area (Å²) in [4.78, 5) is 13.7. The lowest BCUT2D eigenvalue weighted by molar-refractivity contribution is 0.179. The SMILES string of the molecule is CCN(CCO)C(=O)NCC1(c2ccccc2Br)CC1. The molecular weight excluding hydrogens is 320 g/mol. The zero-order valence-corrected chi connectivity index (χ0v) is 13.3. The Labute approximate surface area is 128 Å². The van der Waals surface area contributed by atoms with Gasteiger partial charge >= 0.3 is 6.03 Å². The summed E-state index contributed by atoms with van der Waals surface area (Å²) in [5, 5.41) is 11.9. The quantitative estimate of drug-likeness (QED) is 0.835. The Hall–Kier alpha value is -1.07. The van der Waals surface area contributed by atoms with E-state index in [1.54, 1.807) is 4.90 Å². The molecule has 2 N–H and O–H groups in total. The van der Waals surface area contributed by atoms with E-state index >= 15 is 0 Å². The zero-order valence-electron chi connectivity index (χ0n) is 11.7. The molecule has 1 aliphatic rings. The summed E-state index contributed by atoms with van der Waals surface area (Å²) in [6.07, 6.45) is 2.20. The number of hydrogen-bond acceptors (Lipinski definition) is 2. The fourth-order valence-corrected chi connectivity index (χ4v) is 3.17. The van der Waals surface area contributed by atoms with Gasteiger partial charge in [0.15, 0.2) is 0 Å². The summed E-state index contributed by atoms with van der Waals surface area (Å²) in [5.74, 6) is 0. The minimum Gasteiger partial charge on any atom is -0.395 e. The molecule has 0 atom stereocenters. The van der Waals surface area contributed by atoms with Crippen LogP contribution in [0.1, 0.15) is 25.3 Å². The number of carbonyl (C=O) groups is 1. The van der Waals surface area contributed by atoms with Crippen LogP contribution in [0.15, 0.2) is 28.7 Å². The van der Waals surface area contributed by atoms with Gasteiger partial charge in [-0.05, 0) is 31.4 Å². The highest BCUT2D eigenvalue weighted by Gasteiger charge is 2.45. The van der Waals surface area contributed by atoms with Crippen LogP contribution in [-0.4, -0.2) is 42.3 Å². The minimum absolute atomic E-state index is 0.00334. The highest BCUT2D eigenvalue weighted by atomic mass is 79.9. The van der Waals surface area contributed by atoms with Crippen molar-refractivity contribution < 1.29 is 9.90 Å². The largest absolute Gasteiger partial charge is 0.395 e. The first-order chi connectivity index (χ1) is 9.63. The number of amides is 2. The molecule has 5 heteroatoms. The lowest BCUT2D eigenvalue weighted by atomic mass is 9.96. The molecule has 110 valence electrons. The normalized spacial score (nSPS) is 15.8. The molecule has 0 heterocycles. The van der Waals surface area contributed by atoms with Crippen LogP contribution in [0.25, 0.3) is 0 Å². The van der Waals surface area contributed by atoms with Gasteiger partial charge in [-0.1, -0.05) is 34.1 Å². The molecule has 20 heavy (non-hydrogen) atoms. The van der Waals surface area contributed by atoms with E-state index in [1.165, 1.54) is 5.56 Å². The molecular formula is C15H21BrN2O2. The molecule has 0 aromatic heterocycles. The van der Waals surface area contributed by atoms with E-state index in [1.807, 2.05) is 25.1 Å². The van der Waals surface area contributed by atoms with Crippen molar-refractivity contribution in [2.45, 2.75) is 25.2 Å². The van der Waals surface area contributed by atoms with Crippen LogP contribution in [0.2, 0.25) is 0 Å². The van der Waals surface area contributed by atoms with Crippen LogP contribution in [-0.2, 0) is 5.41 Å². The highest BCUT2D eigenvalue weighted by Crippen LogP contribution is 2.49. The first-order valence-electron chi connectivity index (χ1n) is 7.01. The van der Waals surface area contributed by atoms with Gasteiger partial charge in [0, 0.05) is 29.5 Å². The predicted molar refractivity (Wildman–Crippen MR) is 82.8 cm³/mol. The zero-order chi connectivity index (χ0) is 14.6. The molecule has 0 bridgehead atoms. The summed E-state index contributed by atoms with van der Waals surface area (Å²) >= 11 is 3.59. The third-order valence-electron chi connectivity index (χ3n) is 3.92. The fourth-order valence-electron chi connectivity index (χ4n) is 2.46. The van der Waals surface area contributed by atoms with Crippen LogP contribution in [0.3, 0.4) is 0 Å². The van der Waals surface area contributed by atoms with Gasteiger partial charge in [-0.3, -0.25) is 0 Å². The van der Waals surface area contributed by atoms with Gasteiger partial charge in [-0.15, -0.1) is 0 Å². The number of rotatable bonds is 6. The predicted octanol–water partition coefficient (Wildman–Crippen LogP) is 2.50. The number of aliphatic hydroxyl groups excluding tert-OH is 1. The lowest BCUT2D eigenvalue weighted by Gasteiger charge is -2.23. The molecule has 1 saturated carbocycles. The number of nitrogens with one attached hydrogen (secondary N) is 1. The van der Waals surface area contributed by atoms with E-state index < -0.39 is 0 Å². The molecule has 4 nitrogen and oxygen atoms in total. The second kappa shape index (κ2) is 6.59. The second-order valence-corrected chi connectivity index (χ2v) is 6.08. The van der Waals surface area contributed by atoms with Gasteiger partial charge in [0.25, 0.3) is 0 Å². The first kappa shape index (κ1) is 15.3. The maximum absolute atomic E-state index is 12.0. The number of urea groups is 1. The van der Waals surface area contributed by atoms with Crippen molar-refractivity contribution in [1.82, 2.24) is 10.2 Å². The van der Waals surface area contributed by atoms with E-state index in [0.29, 0.717) is 19.6 Å². The summed E-state index contributed by atoms with van der Waals surface area (Å²) < 4.78 is 1.11. The van der Waals surface area contributed by atoms with Crippen LogP contribution in [0, 0.1) is 0 Å². The Morgan fingerprint density at radius 1 is 1.45 bits per heavy atom. The number of halogens is 1. The second-order valence-electron chi connectivity index (χ2n) is 5.22. The van der Waals surface area contributed by atoms with Crippen molar-refractivity contribution in [2.75, 3.05) is 26.2 Å². The fraction of sp³-hybridized carbons (Fsp3) is 0.533. The van der Waals surface area contributed by atoms with Crippen LogP contribution in [0.5, 0.6) is 0 Å². The van der Waals surface area contributed by atoms with Gasteiger partial charge in [0.05, 0.1) is 6.61 Å². The number of hydrogen-bond donors (Lipinski definition) is 2. The van der Waals surface area contributed by atoms with Gasteiger partial charge in [0.2, 0.25) is 0 Å². The highest BCUT2D eigenvalue weighted by molar-refractivity contribution is 9.10. The molecule has 0 spiro atoms. The lowest BCUT2D eigenvalue weighted by Crippen LogP contribution is -2.44. The van der Waals surface area contributed by atoms with E-state index in [4.69, 9.17) is 5.11 Å². The standard InChI is InChI=1S/C15H21BrN2O2/c1-2-18(9-10-19)14(20)17-11-15(7-8-15)12-5-3-4-6-13(12)16/h3-6,19H,2,7-11H2,1H3,(H,17,20). The molecule has 0 aliphatic heterocycles. The summed E-state index contributed by atoms with van der Waals surface area (Å²) in [6, 6.07) is 8.10. The monoisotopic (exact) mass is 340 g/mol. The number of carbonyl (C=O) groups excluding carboxylic acids is 1. The molecule has 0 radical (unpaired) electrons. The minimum atomic E-state index is -0.0973. The summed E-state index contributed by atoms with van der Waals surface area (Å²) in [5.41, 5.74) is 1.35. The van der Waals surface area contributed by atoms with Crippen LogP contribution < -0.4 is 5.32 Å². The van der Waals surface area contributed by atoms with Crippen molar-refractivity contribution in [1.29, 1.82) is 0 Å². The van der Waals surface area contributed by atoms with Gasteiger partial charge in [0.1, 0.15) is 0 Å². The summed E-state index contributed by atoms with van der Waals surface area (Å²) in [7, 11) is 0. The Bertz CT molecular complexity index is 475. The number of likely N-dealkylation sites (N-methyl/N-ethyl adjacent to an activating group) is 1. The van der Waals surface area contributed by atoms with E-state index in [0.717, 1.165) is 17.3 Å². The Morgan fingerprint density at radius 3 is 2.70 bits per heavy atom. The first-order valence-corrected chi connectivity index (χ1v) is 7.81. The smallest absolute Gasteiger partial charge is 0.317 e. The van der Waals surface area contributed by atoms with Gasteiger partial charge < -0.3 is 15.3 Å². The van der Waals surface area contributed by atoms with E-state index in [9.17, 15) is 4.79 Å². The average Bonchev–Trinajstić information content (AvgIpc) is 3.23. The maximum atomic E-state index is 12.0. The molecule has 1 aromatic carbocycles. The van der Waals surface area contributed by atoms with Gasteiger partial charge in [-0.2, -0.15) is 0 Å². The molecule has 2 rings (SSSR count). The van der Waals surface area contributed by atoms with Crippen molar-refractivity contribution in [2.24, 2.45) is 0 Å². The van der Waals surface area contributed by atoms with Crippen molar-refractivity contribution >= 4 is 22.0 Å². The Balaban J connectivity index is 1.97. The molecule has 1 fully saturated rings. The molecule has 0 unspecified atom stereocenters. The van der Waals surface area contributed by atoms with Crippen molar-refractivity contribution in [3.63, 3.8) is 0 Å². The number of nitrogens with zero attached hydrogens (tertiary/aromatic N) is 1. The van der Waals surface area contributed by atoms with Crippen LogP contribution >= 0.6 is 15.9 Å². The molecule has 0 saturated heterocycles. The third kappa shape index (κ3) is 3.33. The third-order valence-corrected chi connectivity index (χ3v) is 4.61. The van der Waals surface area contributed by atoms with Crippen LogP contribution in [0.4, 0.5) is 4.79 Å². The molecule has 1 aromatic rings.